The molecule has 21 heavy (non-hydrogen) atoms. The largest absolute Gasteiger partial charge is 0.322 e. The van der Waals surface area contributed by atoms with Crippen LogP contribution in [0.15, 0.2) is 43.1 Å². The summed E-state index contributed by atoms with van der Waals surface area (Å²) in [5.41, 5.74) is 3.31. The Bertz CT molecular complexity index is 884. The number of carbonyl (C=O) groups is 1. The average molecular weight is 275 g/mol. The van der Waals surface area contributed by atoms with Crippen LogP contribution in [0.1, 0.15) is 11.4 Å². The van der Waals surface area contributed by atoms with Crippen LogP contribution < -0.4 is 5.32 Å². The molecule has 0 fully saturated rings. The van der Waals surface area contributed by atoms with E-state index in [1.54, 1.807) is 36.8 Å². The van der Waals surface area contributed by atoms with E-state index in [9.17, 15) is 4.79 Å². The van der Waals surface area contributed by atoms with Crippen molar-refractivity contribution in [1.29, 1.82) is 0 Å². The molecule has 4 rings (SSSR count). The number of carbonyl (C=O) groups excluding carboxylic acids is 1. The maximum Gasteiger partial charge on any atom is 0.257 e. The van der Waals surface area contributed by atoms with Gasteiger partial charge in [-0.2, -0.15) is 0 Å². The first kappa shape index (κ1) is 11.7. The van der Waals surface area contributed by atoms with Gasteiger partial charge in [-0.15, -0.1) is 0 Å². The van der Waals surface area contributed by atoms with Gasteiger partial charge in [-0.1, -0.05) is 0 Å². The molecular formula is C15H9N5O. The molecule has 1 amide bonds. The fourth-order valence-electron chi connectivity index (χ4n) is 2.36. The quantitative estimate of drug-likeness (QED) is 0.772. The highest BCUT2D eigenvalue weighted by Gasteiger charge is 2.24. The zero-order valence-electron chi connectivity index (χ0n) is 10.8. The van der Waals surface area contributed by atoms with Crippen LogP contribution in [0, 0.1) is 0 Å². The second-order valence-corrected chi connectivity index (χ2v) is 4.56. The molecule has 0 unspecified atom stereocenters. The van der Waals surface area contributed by atoms with Gasteiger partial charge < -0.3 is 5.32 Å². The minimum atomic E-state index is -0.223. The van der Waals surface area contributed by atoms with Crippen LogP contribution in [0.2, 0.25) is 0 Å². The smallest absolute Gasteiger partial charge is 0.257 e. The van der Waals surface area contributed by atoms with Crippen molar-refractivity contribution in [2.24, 2.45) is 0 Å². The maximum atomic E-state index is 12.4. The molecule has 1 aliphatic carbocycles. The minimum Gasteiger partial charge on any atom is -0.322 e. The van der Waals surface area contributed by atoms with Crippen molar-refractivity contribution in [2.45, 2.75) is 0 Å². The Morgan fingerprint density at radius 3 is 2.71 bits per heavy atom. The van der Waals surface area contributed by atoms with Crippen molar-refractivity contribution in [3.8, 4) is 0 Å². The maximum absolute atomic E-state index is 12.4. The Hall–Kier alpha value is -3.15. The summed E-state index contributed by atoms with van der Waals surface area (Å²) >= 11 is 0. The van der Waals surface area contributed by atoms with Crippen molar-refractivity contribution in [3.63, 3.8) is 0 Å². The number of hydrogen-bond acceptors (Lipinski definition) is 5. The Labute approximate surface area is 119 Å². The summed E-state index contributed by atoms with van der Waals surface area (Å²) in [6.45, 7) is 0. The van der Waals surface area contributed by atoms with Crippen LogP contribution in [0.3, 0.4) is 0 Å². The molecular weight excluding hydrogens is 266 g/mol. The number of hydrogen-bond donors (Lipinski definition) is 1. The van der Waals surface area contributed by atoms with Crippen LogP contribution in [0.5, 0.6) is 0 Å². The molecule has 0 spiro atoms. The van der Waals surface area contributed by atoms with Crippen molar-refractivity contribution in [3.05, 3.63) is 54.5 Å². The number of rotatable bonds is 2. The number of pyridine rings is 2. The molecule has 6 nitrogen and oxygen atoms in total. The normalized spacial score (nSPS) is 12.3. The van der Waals surface area contributed by atoms with Crippen LogP contribution >= 0.6 is 0 Å². The number of aromatic nitrogens is 4. The Balaban J connectivity index is 1.75. The standard InChI is InChI=1S/C15H9N5O/c21-15(20-9-1-4-16-5-2-9)10-7-12-13-11(3-6-17-12)18-8-19-14(10)13/h1-8H,(H,16,20,21). The SMILES string of the molecule is O=C(Nc1ccncc1)C1=Cc2nccc3ncnc1c23. The van der Waals surface area contributed by atoms with E-state index in [-0.39, 0.29) is 5.91 Å². The minimum absolute atomic E-state index is 0.223. The van der Waals surface area contributed by atoms with Gasteiger partial charge in [0.15, 0.2) is 0 Å². The highest BCUT2D eigenvalue weighted by molar-refractivity contribution is 6.33. The number of nitrogens with one attached hydrogen (secondary N) is 1. The molecule has 3 aromatic rings. The topological polar surface area (TPSA) is 80.7 Å². The summed E-state index contributed by atoms with van der Waals surface area (Å²) in [6, 6.07) is 5.27. The van der Waals surface area contributed by atoms with Gasteiger partial charge in [-0.05, 0) is 24.3 Å². The molecule has 0 saturated heterocycles. The fraction of sp³-hybridized carbons (Fsp3) is 0. The van der Waals surface area contributed by atoms with E-state index in [0.717, 1.165) is 16.6 Å². The van der Waals surface area contributed by atoms with E-state index < -0.39 is 0 Å². The van der Waals surface area contributed by atoms with Gasteiger partial charge in [0.25, 0.3) is 5.91 Å². The third-order valence-electron chi connectivity index (χ3n) is 3.30. The van der Waals surface area contributed by atoms with Gasteiger partial charge in [0.05, 0.1) is 27.9 Å². The van der Waals surface area contributed by atoms with Crippen molar-refractivity contribution >= 4 is 34.1 Å². The predicted molar refractivity (Wildman–Crippen MR) is 78.1 cm³/mol. The monoisotopic (exact) mass is 275 g/mol. The predicted octanol–water partition coefficient (Wildman–Crippen LogP) is 1.91. The molecule has 6 heteroatoms. The zero-order valence-corrected chi connectivity index (χ0v) is 10.8. The lowest BCUT2D eigenvalue weighted by Crippen LogP contribution is -2.13. The van der Waals surface area contributed by atoms with Crippen molar-refractivity contribution < 1.29 is 4.79 Å². The van der Waals surface area contributed by atoms with E-state index in [4.69, 9.17) is 0 Å². The Morgan fingerprint density at radius 1 is 1.00 bits per heavy atom. The van der Waals surface area contributed by atoms with E-state index in [2.05, 4.69) is 25.3 Å². The van der Waals surface area contributed by atoms with Gasteiger partial charge in [0.1, 0.15) is 6.33 Å². The third kappa shape index (κ3) is 1.85. The first-order chi connectivity index (χ1) is 10.3. The summed E-state index contributed by atoms with van der Waals surface area (Å²) in [7, 11) is 0. The molecule has 0 radical (unpaired) electrons. The van der Waals surface area contributed by atoms with Gasteiger partial charge in [0.2, 0.25) is 0 Å². The molecule has 3 aromatic heterocycles. The van der Waals surface area contributed by atoms with E-state index in [0.29, 0.717) is 17.0 Å². The average Bonchev–Trinajstić information content (AvgIpc) is 2.90. The van der Waals surface area contributed by atoms with Gasteiger partial charge in [-0.3, -0.25) is 14.8 Å². The summed E-state index contributed by atoms with van der Waals surface area (Å²) in [5.74, 6) is -0.223. The van der Waals surface area contributed by atoms with Crippen LogP contribution in [-0.2, 0) is 4.79 Å². The van der Waals surface area contributed by atoms with Gasteiger partial charge >= 0.3 is 0 Å². The summed E-state index contributed by atoms with van der Waals surface area (Å²) in [6.07, 6.45) is 8.12. The van der Waals surface area contributed by atoms with Gasteiger partial charge in [0, 0.05) is 24.3 Å². The lowest BCUT2D eigenvalue weighted by atomic mass is 10.1. The van der Waals surface area contributed by atoms with Crippen LogP contribution in [0.4, 0.5) is 5.69 Å². The summed E-state index contributed by atoms with van der Waals surface area (Å²) in [4.78, 5) is 29.0. The zero-order chi connectivity index (χ0) is 14.2. The molecule has 1 N–H and O–H groups in total. The lowest BCUT2D eigenvalue weighted by molar-refractivity contribution is -0.111. The second kappa shape index (κ2) is 4.45. The highest BCUT2D eigenvalue weighted by Crippen LogP contribution is 2.33. The Kier molecular flexibility index (Phi) is 2.47. The molecule has 0 saturated carbocycles. The van der Waals surface area contributed by atoms with E-state index in [1.165, 1.54) is 6.33 Å². The van der Waals surface area contributed by atoms with Crippen LogP contribution in [-0.4, -0.2) is 25.8 Å². The van der Waals surface area contributed by atoms with Gasteiger partial charge in [-0.25, -0.2) is 9.97 Å². The summed E-state index contributed by atoms with van der Waals surface area (Å²) in [5, 5.41) is 3.65. The number of nitrogens with zero attached hydrogens (tertiary/aromatic N) is 4. The number of amides is 1. The Morgan fingerprint density at radius 2 is 1.86 bits per heavy atom. The first-order valence-corrected chi connectivity index (χ1v) is 6.36. The molecule has 1 aliphatic rings. The number of anilines is 1. The van der Waals surface area contributed by atoms with Crippen LogP contribution in [0.25, 0.3) is 22.6 Å². The molecule has 0 aliphatic heterocycles. The molecule has 3 heterocycles. The first-order valence-electron chi connectivity index (χ1n) is 6.36. The fourth-order valence-corrected chi connectivity index (χ4v) is 2.36. The molecule has 100 valence electrons. The van der Waals surface area contributed by atoms with E-state index >= 15 is 0 Å². The molecule has 0 bridgehead atoms. The van der Waals surface area contributed by atoms with Crippen molar-refractivity contribution in [1.82, 2.24) is 19.9 Å². The second-order valence-electron chi connectivity index (χ2n) is 4.56. The summed E-state index contributed by atoms with van der Waals surface area (Å²) < 4.78 is 0. The lowest BCUT2D eigenvalue weighted by Gasteiger charge is -2.06. The highest BCUT2D eigenvalue weighted by atomic mass is 16.1. The molecule has 0 atom stereocenters. The van der Waals surface area contributed by atoms with E-state index in [1.807, 2.05) is 6.07 Å². The van der Waals surface area contributed by atoms with Crippen molar-refractivity contribution in [2.75, 3.05) is 5.32 Å². The third-order valence-corrected chi connectivity index (χ3v) is 3.30. The molecule has 0 aromatic carbocycles.